The van der Waals surface area contributed by atoms with Gasteiger partial charge >= 0.3 is 12.2 Å². The Balaban J connectivity index is 1.25. The molecule has 2 bridgehead atoms. The lowest BCUT2D eigenvalue weighted by Gasteiger charge is -2.39. The van der Waals surface area contributed by atoms with Crippen LogP contribution < -0.4 is 10.6 Å². The number of aryl methyl sites for hydroxylation is 1. The second-order valence-corrected chi connectivity index (χ2v) is 8.91. The molecule has 2 saturated heterocycles. The normalized spacial score (nSPS) is 22.4. The summed E-state index contributed by atoms with van der Waals surface area (Å²) in [5, 5.41) is 6.72. The molecular formula is C23H25F3N6O2. The van der Waals surface area contributed by atoms with Crippen LogP contribution in [0.3, 0.4) is 0 Å². The Morgan fingerprint density at radius 2 is 1.94 bits per heavy atom. The zero-order valence-corrected chi connectivity index (χ0v) is 18.6. The highest BCUT2D eigenvalue weighted by molar-refractivity contribution is 5.91. The van der Waals surface area contributed by atoms with Crippen molar-refractivity contribution in [1.82, 2.24) is 25.2 Å². The third-order valence-electron chi connectivity index (χ3n) is 6.49. The number of hydrogen-bond acceptors (Lipinski definition) is 6. The fourth-order valence-corrected chi connectivity index (χ4v) is 4.97. The molecular weight excluding hydrogens is 449 g/mol. The zero-order chi connectivity index (χ0) is 23.9. The van der Waals surface area contributed by atoms with E-state index in [0.717, 1.165) is 18.2 Å². The van der Waals surface area contributed by atoms with E-state index >= 15 is 0 Å². The van der Waals surface area contributed by atoms with Gasteiger partial charge in [-0.3, -0.25) is 5.32 Å². The Labute approximate surface area is 194 Å². The molecule has 0 saturated carbocycles. The Kier molecular flexibility index (Phi) is 5.88. The number of hydrogen-bond donors (Lipinski definition) is 2. The predicted molar refractivity (Wildman–Crippen MR) is 119 cm³/mol. The highest BCUT2D eigenvalue weighted by Gasteiger charge is 2.43. The first kappa shape index (κ1) is 22.6. The van der Waals surface area contributed by atoms with Crippen molar-refractivity contribution >= 4 is 22.8 Å². The lowest BCUT2D eigenvalue weighted by molar-refractivity contribution is -0.133. The highest BCUT2D eigenvalue weighted by Crippen LogP contribution is 2.36. The molecule has 0 unspecified atom stereocenters. The summed E-state index contributed by atoms with van der Waals surface area (Å²) in [5.74, 6) is 1.50. The van der Waals surface area contributed by atoms with E-state index in [-0.39, 0.29) is 30.7 Å². The average molecular weight is 474 g/mol. The molecule has 2 aliphatic heterocycles. The van der Waals surface area contributed by atoms with E-state index in [4.69, 9.17) is 4.42 Å². The van der Waals surface area contributed by atoms with Gasteiger partial charge in [-0.15, -0.1) is 0 Å². The number of oxazole rings is 1. The predicted octanol–water partition coefficient (Wildman–Crippen LogP) is 4.66. The lowest BCUT2D eigenvalue weighted by Crippen LogP contribution is -2.53. The van der Waals surface area contributed by atoms with Crippen LogP contribution in [0.5, 0.6) is 0 Å². The van der Waals surface area contributed by atoms with Crippen LogP contribution in [0, 0.1) is 6.92 Å². The second-order valence-electron chi connectivity index (χ2n) is 8.91. The van der Waals surface area contributed by atoms with Crippen molar-refractivity contribution in [3.63, 3.8) is 0 Å². The van der Waals surface area contributed by atoms with Crippen LogP contribution in [-0.2, 0) is 0 Å². The van der Waals surface area contributed by atoms with Crippen molar-refractivity contribution < 1.29 is 22.4 Å². The first-order chi connectivity index (χ1) is 16.2. The van der Waals surface area contributed by atoms with Crippen molar-refractivity contribution in [2.24, 2.45) is 0 Å². The summed E-state index contributed by atoms with van der Waals surface area (Å²) in [6.07, 6.45) is 1.25. The molecule has 2 aliphatic rings. The number of rotatable bonds is 5. The number of anilines is 1. The van der Waals surface area contributed by atoms with Crippen LogP contribution in [0.25, 0.3) is 22.4 Å². The molecule has 0 spiro atoms. The van der Waals surface area contributed by atoms with Crippen molar-refractivity contribution in [3.05, 3.63) is 36.5 Å². The number of fused-ring (bicyclic) bond motifs is 3. The fourth-order valence-electron chi connectivity index (χ4n) is 4.97. The van der Waals surface area contributed by atoms with E-state index in [9.17, 15) is 18.0 Å². The number of carbonyl (C=O) groups is 1. The molecule has 0 aromatic carbocycles. The summed E-state index contributed by atoms with van der Waals surface area (Å²) in [6.45, 7) is 1.67. The van der Waals surface area contributed by atoms with Crippen LogP contribution >= 0.6 is 0 Å². The van der Waals surface area contributed by atoms with Crippen molar-refractivity contribution in [2.75, 3.05) is 11.9 Å². The van der Waals surface area contributed by atoms with Gasteiger partial charge in [0.2, 0.25) is 0 Å². The first-order valence-corrected chi connectivity index (χ1v) is 11.3. The quantitative estimate of drug-likeness (QED) is 0.558. The fraction of sp³-hybridized carbons (Fsp3) is 0.478. The van der Waals surface area contributed by atoms with Gasteiger partial charge in [-0.05, 0) is 37.8 Å². The van der Waals surface area contributed by atoms with Crippen LogP contribution in [0.15, 0.2) is 35.0 Å². The second kappa shape index (κ2) is 8.86. The molecule has 180 valence electrons. The molecule has 2 N–H and O–H groups in total. The Morgan fingerprint density at radius 1 is 1.18 bits per heavy atom. The molecule has 0 radical (unpaired) electrons. The number of halogens is 3. The standard InChI is InChI=1S/C23H25F3N6O2/c1-13-28-12-20(34-13)18-5-2-14-11-29-21(10-19(14)30-18)31-22(33)32-16-3-4-17(32)9-15(8-16)27-7-6-23(24,25)26/h2,5,10-12,15-17,27H,3-4,6-9H2,1H3,(H,29,31,33)/t15-,16+,17-. The van der Waals surface area contributed by atoms with Gasteiger partial charge in [0.1, 0.15) is 11.5 Å². The van der Waals surface area contributed by atoms with Crippen molar-refractivity contribution in [2.45, 2.75) is 63.3 Å². The number of alkyl halides is 3. The Hall–Kier alpha value is -3.21. The molecule has 3 aromatic heterocycles. The van der Waals surface area contributed by atoms with Gasteiger partial charge in [-0.2, -0.15) is 13.2 Å². The minimum absolute atomic E-state index is 0.00186. The summed E-state index contributed by atoms with van der Waals surface area (Å²) in [7, 11) is 0. The Bertz CT molecular complexity index is 1180. The molecule has 5 rings (SSSR count). The highest BCUT2D eigenvalue weighted by atomic mass is 19.4. The smallest absolute Gasteiger partial charge is 0.390 e. The van der Waals surface area contributed by atoms with Gasteiger partial charge in [-0.1, -0.05) is 0 Å². The minimum atomic E-state index is -4.16. The van der Waals surface area contributed by atoms with Gasteiger partial charge in [0.25, 0.3) is 0 Å². The lowest BCUT2D eigenvalue weighted by atomic mass is 9.97. The number of urea groups is 1. The van der Waals surface area contributed by atoms with Gasteiger partial charge in [0.05, 0.1) is 18.1 Å². The number of aromatic nitrogens is 3. The molecule has 0 aliphatic carbocycles. The molecule has 5 heterocycles. The zero-order valence-electron chi connectivity index (χ0n) is 18.6. The third kappa shape index (κ3) is 4.84. The molecule has 2 amide bonds. The summed E-state index contributed by atoms with van der Waals surface area (Å²) in [5.41, 5.74) is 1.29. The van der Waals surface area contributed by atoms with E-state index < -0.39 is 12.6 Å². The van der Waals surface area contributed by atoms with Crippen LogP contribution in [0.2, 0.25) is 0 Å². The summed E-state index contributed by atoms with van der Waals surface area (Å²) in [4.78, 5) is 28.0. The number of nitrogens with one attached hydrogen (secondary N) is 2. The van der Waals surface area contributed by atoms with E-state index in [0.29, 0.717) is 41.5 Å². The summed E-state index contributed by atoms with van der Waals surface area (Å²) >= 11 is 0. The van der Waals surface area contributed by atoms with Gasteiger partial charge in [0.15, 0.2) is 11.7 Å². The maximum atomic E-state index is 13.1. The van der Waals surface area contributed by atoms with Gasteiger partial charge < -0.3 is 14.6 Å². The van der Waals surface area contributed by atoms with Crippen LogP contribution in [0.1, 0.15) is 38.0 Å². The number of pyridine rings is 2. The van der Waals surface area contributed by atoms with Gasteiger partial charge in [-0.25, -0.2) is 19.7 Å². The van der Waals surface area contributed by atoms with Crippen molar-refractivity contribution in [3.8, 4) is 11.5 Å². The first-order valence-electron chi connectivity index (χ1n) is 11.3. The molecule has 11 heteroatoms. The molecule has 8 nitrogen and oxygen atoms in total. The van der Waals surface area contributed by atoms with E-state index in [1.165, 1.54) is 0 Å². The average Bonchev–Trinajstić information content (AvgIpc) is 3.33. The maximum absolute atomic E-state index is 13.1. The number of nitrogens with zero attached hydrogens (tertiary/aromatic N) is 4. The molecule has 3 aromatic rings. The maximum Gasteiger partial charge on any atom is 0.390 e. The Morgan fingerprint density at radius 3 is 2.62 bits per heavy atom. The minimum Gasteiger partial charge on any atom is -0.439 e. The number of amides is 2. The largest absolute Gasteiger partial charge is 0.439 e. The number of piperidine rings is 1. The summed E-state index contributed by atoms with van der Waals surface area (Å²) < 4.78 is 42.9. The number of carbonyl (C=O) groups excluding carboxylic acids is 1. The summed E-state index contributed by atoms with van der Waals surface area (Å²) in [6, 6.07) is 5.18. The molecule has 3 atom stereocenters. The van der Waals surface area contributed by atoms with E-state index in [1.807, 2.05) is 17.0 Å². The van der Waals surface area contributed by atoms with E-state index in [2.05, 4.69) is 25.6 Å². The third-order valence-corrected chi connectivity index (χ3v) is 6.49. The molecule has 34 heavy (non-hydrogen) atoms. The van der Waals surface area contributed by atoms with E-state index in [1.54, 1.807) is 25.4 Å². The SMILES string of the molecule is Cc1ncc(-c2ccc3cnc(NC(=O)N4[C@@H]5CC[C@H]4C[C@@H](NCCC(F)(F)F)C5)cc3n2)o1. The van der Waals surface area contributed by atoms with Gasteiger partial charge in [0, 0.05) is 49.2 Å². The topological polar surface area (TPSA) is 96.2 Å². The monoisotopic (exact) mass is 474 g/mol. The molecule has 2 fully saturated rings. The van der Waals surface area contributed by atoms with Crippen molar-refractivity contribution in [1.29, 1.82) is 0 Å². The van der Waals surface area contributed by atoms with Crippen LogP contribution in [0.4, 0.5) is 23.8 Å². The van der Waals surface area contributed by atoms with Crippen LogP contribution in [-0.4, -0.2) is 56.7 Å².